The summed E-state index contributed by atoms with van der Waals surface area (Å²) in [5.41, 5.74) is 5.42. The van der Waals surface area contributed by atoms with Gasteiger partial charge in [-0.3, -0.25) is 10.5 Å². The predicted octanol–water partition coefficient (Wildman–Crippen LogP) is 2.75. The van der Waals surface area contributed by atoms with Crippen LogP contribution in [0.3, 0.4) is 0 Å². The molecule has 2 N–H and O–H groups in total. The zero-order chi connectivity index (χ0) is 27.0. The van der Waals surface area contributed by atoms with E-state index in [-0.39, 0.29) is 16.7 Å². The normalized spacial score (nSPS) is 20.4. The number of carbonyl (C=O) groups excluding carboxylic acids is 2. The smallest absolute Gasteiger partial charge is 0.356 e. The zero-order valence-corrected chi connectivity index (χ0v) is 20.3. The average molecular weight is 534 g/mol. The summed E-state index contributed by atoms with van der Waals surface area (Å²) in [6, 6.07) is 21.2. The highest BCUT2D eigenvalue weighted by Gasteiger charge is 2.62. The fraction of sp³-hybridized carbons (Fsp3) is 0.200. The first-order valence-corrected chi connectivity index (χ1v) is 12.3. The second kappa shape index (κ2) is 9.96. The molecule has 8 nitrogen and oxygen atoms in total. The van der Waals surface area contributed by atoms with Gasteiger partial charge in [0.15, 0.2) is 11.8 Å². The van der Waals surface area contributed by atoms with Gasteiger partial charge < -0.3 is 9.74 Å². The van der Waals surface area contributed by atoms with Crippen LogP contribution in [0.1, 0.15) is 16.7 Å². The lowest BCUT2D eigenvalue weighted by Gasteiger charge is -2.37. The van der Waals surface area contributed by atoms with Crippen molar-refractivity contribution < 1.29 is 36.0 Å². The highest BCUT2D eigenvalue weighted by Crippen LogP contribution is 2.46. The highest BCUT2D eigenvalue weighted by atomic mass is 32.2. The van der Waals surface area contributed by atoms with Crippen molar-refractivity contribution in [3.8, 4) is 11.1 Å². The van der Waals surface area contributed by atoms with Crippen molar-refractivity contribution in [1.29, 1.82) is 0 Å². The lowest BCUT2D eigenvalue weighted by atomic mass is 9.79. The Balaban J connectivity index is 2.08. The van der Waals surface area contributed by atoms with Crippen LogP contribution in [-0.2, 0) is 36.4 Å². The predicted molar refractivity (Wildman–Crippen MR) is 128 cm³/mol. The van der Waals surface area contributed by atoms with E-state index in [1.165, 1.54) is 31.3 Å². The summed E-state index contributed by atoms with van der Waals surface area (Å²) >= 11 is 0. The maximum Gasteiger partial charge on any atom is 0.492 e. The molecule has 1 aliphatic rings. The molecular formula is C25H22F3N3O5S. The summed E-state index contributed by atoms with van der Waals surface area (Å²) in [5, 5.41) is 0.492. The molecule has 1 saturated heterocycles. The fourth-order valence-electron chi connectivity index (χ4n) is 4.41. The lowest BCUT2D eigenvalue weighted by Crippen LogP contribution is -2.54. The molecule has 37 heavy (non-hydrogen) atoms. The molecule has 0 bridgehead atoms. The molecule has 2 atom stereocenters. The number of hydroxylamine groups is 2. The molecule has 0 aliphatic carbocycles. The van der Waals surface area contributed by atoms with Crippen molar-refractivity contribution in [1.82, 2.24) is 9.96 Å². The molecule has 0 spiro atoms. The van der Waals surface area contributed by atoms with E-state index < -0.39 is 46.3 Å². The summed E-state index contributed by atoms with van der Waals surface area (Å²) in [5.74, 6) is -3.92. The van der Waals surface area contributed by atoms with E-state index in [1.807, 2.05) is 0 Å². The first-order valence-electron chi connectivity index (χ1n) is 11.0. The van der Waals surface area contributed by atoms with Gasteiger partial charge >= 0.3 is 12.1 Å². The number of likely N-dealkylation sites (N-methyl/N-ethyl adjacent to an activating group) is 1. The molecule has 3 aromatic rings. The molecule has 1 amide bonds. The van der Waals surface area contributed by atoms with Crippen LogP contribution in [0.4, 0.5) is 13.2 Å². The minimum atomic E-state index is -5.39. The van der Waals surface area contributed by atoms with Crippen molar-refractivity contribution in [2.75, 3.05) is 7.05 Å². The van der Waals surface area contributed by atoms with Gasteiger partial charge in [0.1, 0.15) is 10.7 Å². The van der Waals surface area contributed by atoms with Crippen molar-refractivity contribution in [2.24, 2.45) is 5.73 Å². The molecule has 2 unspecified atom stereocenters. The molecule has 0 radical (unpaired) electrons. The summed E-state index contributed by atoms with van der Waals surface area (Å²) in [6.45, 7) is 0. The summed E-state index contributed by atoms with van der Waals surface area (Å²) in [7, 11) is -1.76. The van der Waals surface area contributed by atoms with Crippen LogP contribution in [0, 0.1) is 0 Å². The molecule has 1 fully saturated rings. The van der Waals surface area contributed by atoms with Gasteiger partial charge in [-0.25, -0.2) is 13.2 Å². The molecule has 3 aromatic carbocycles. The number of alkyl halides is 3. The standard InChI is InChI=1S/C25H22F3N3O5S/c1-30-21(32)24(19-10-6-3-7-11-19,31(23(30)29)36-22(33)25(26,27)28)20-14-17(16-8-4-2-5-9-16)12-13-18(20)15-37(34)35/h2-14,23,37H,15,29H2,1H3. The Bertz CT molecular complexity index is 1390. The maximum absolute atomic E-state index is 13.9. The fourth-order valence-corrected chi connectivity index (χ4v) is 4.96. The number of rotatable bonds is 6. The van der Waals surface area contributed by atoms with Gasteiger partial charge in [-0.15, -0.1) is 0 Å². The Morgan fingerprint density at radius 3 is 2.16 bits per heavy atom. The van der Waals surface area contributed by atoms with Crippen LogP contribution in [-0.4, -0.2) is 49.8 Å². The molecule has 1 aliphatic heterocycles. The van der Waals surface area contributed by atoms with Crippen molar-refractivity contribution >= 4 is 22.6 Å². The minimum Gasteiger partial charge on any atom is -0.356 e. The number of hydrogen-bond donors (Lipinski definition) is 2. The van der Waals surface area contributed by atoms with Crippen molar-refractivity contribution in [3.05, 3.63) is 95.6 Å². The number of nitrogens with zero attached hydrogens (tertiary/aromatic N) is 2. The number of halogens is 3. The van der Waals surface area contributed by atoms with E-state index in [0.717, 1.165) is 4.90 Å². The number of thiol groups is 1. The first kappa shape index (κ1) is 26.3. The van der Waals surface area contributed by atoms with Crippen LogP contribution in [0.5, 0.6) is 0 Å². The highest BCUT2D eigenvalue weighted by molar-refractivity contribution is 7.71. The van der Waals surface area contributed by atoms with Gasteiger partial charge in [-0.05, 0) is 33.9 Å². The second-order valence-electron chi connectivity index (χ2n) is 8.34. The molecule has 12 heteroatoms. The van der Waals surface area contributed by atoms with Crippen LogP contribution >= 0.6 is 0 Å². The van der Waals surface area contributed by atoms with Gasteiger partial charge in [0.05, 0.1) is 5.75 Å². The number of amides is 1. The maximum atomic E-state index is 13.9. The minimum absolute atomic E-state index is 0.0130. The third kappa shape index (κ3) is 4.70. The molecule has 1 heterocycles. The lowest BCUT2D eigenvalue weighted by molar-refractivity contribution is -0.260. The van der Waals surface area contributed by atoms with E-state index in [4.69, 9.17) is 10.6 Å². The Morgan fingerprint density at radius 1 is 1.00 bits per heavy atom. The van der Waals surface area contributed by atoms with E-state index in [9.17, 15) is 31.2 Å². The number of benzene rings is 3. The van der Waals surface area contributed by atoms with Crippen LogP contribution in [0.15, 0.2) is 78.9 Å². The second-order valence-corrected chi connectivity index (χ2v) is 9.32. The van der Waals surface area contributed by atoms with E-state index in [0.29, 0.717) is 16.2 Å². The third-order valence-electron chi connectivity index (χ3n) is 6.11. The molecule has 4 rings (SSSR count). The molecular weight excluding hydrogens is 511 g/mol. The first-order chi connectivity index (χ1) is 17.5. The number of carbonyl (C=O) groups is 2. The van der Waals surface area contributed by atoms with Gasteiger partial charge in [-0.1, -0.05) is 77.9 Å². The van der Waals surface area contributed by atoms with Gasteiger partial charge in [0.25, 0.3) is 5.91 Å². The van der Waals surface area contributed by atoms with E-state index >= 15 is 0 Å². The summed E-state index contributed by atoms with van der Waals surface area (Å²) < 4.78 is 63.5. The van der Waals surface area contributed by atoms with Crippen molar-refractivity contribution in [3.63, 3.8) is 0 Å². The third-order valence-corrected chi connectivity index (χ3v) is 6.71. The van der Waals surface area contributed by atoms with Gasteiger partial charge in [-0.2, -0.15) is 13.2 Å². The monoisotopic (exact) mass is 533 g/mol. The van der Waals surface area contributed by atoms with Crippen LogP contribution in [0.25, 0.3) is 11.1 Å². The molecule has 194 valence electrons. The largest absolute Gasteiger partial charge is 0.492 e. The van der Waals surface area contributed by atoms with E-state index in [1.54, 1.807) is 54.6 Å². The quantitative estimate of drug-likeness (QED) is 0.469. The van der Waals surface area contributed by atoms with Crippen LogP contribution in [0.2, 0.25) is 0 Å². The Labute approximate surface area is 211 Å². The Morgan fingerprint density at radius 2 is 1.59 bits per heavy atom. The summed E-state index contributed by atoms with van der Waals surface area (Å²) in [4.78, 5) is 31.7. The summed E-state index contributed by atoms with van der Waals surface area (Å²) in [6.07, 6.45) is -7.01. The Hall–Kier alpha value is -3.74. The molecule has 0 saturated carbocycles. The molecule has 0 aromatic heterocycles. The zero-order valence-electron chi connectivity index (χ0n) is 19.4. The van der Waals surface area contributed by atoms with Gasteiger partial charge in [0, 0.05) is 7.05 Å². The topological polar surface area (TPSA) is 110 Å². The SMILES string of the molecule is CN1C(=O)C(c2ccccc2)(c2cc(-c3ccccc3)ccc2C[SH](=O)=O)N(OC(=O)C(F)(F)F)C1N. The number of hydrogen-bond acceptors (Lipinski definition) is 7. The average Bonchev–Trinajstić information content (AvgIpc) is 3.05. The van der Waals surface area contributed by atoms with Gasteiger partial charge in [0.2, 0.25) is 0 Å². The van der Waals surface area contributed by atoms with Crippen molar-refractivity contribution in [2.45, 2.75) is 23.8 Å². The number of nitrogens with two attached hydrogens (primary N) is 1. The Kier molecular flexibility index (Phi) is 7.09. The van der Waals surface area contributed by atoms with E-state index in [2.05, 4.69) is 0 Å². The van der Waals surface area contributed by atoms with Crippen LogP contribution < -0.4 is 5.73 Å².